The summed E-state index contributed by atoms with van der Waals surface area (Å²) in [5.41, 5.74) is 0.211. The van der Waals surface area contributed by atoms with E-state index in [1.165, 1.54) is 24.4 Å². The smallest absolute Gasteiger partial charge is 0.293 e. The summed E-state index contributed by atoms with van der Waals surface area (Å²) in [6.45, 7) is 1.70. The van der Waals surface area contributed by atoms with Gasteiger partial charge in [0, 0.05) is 23.5 Å². The Hall–Kier alpha value is -3.23. The predicted octanol–water partition coefficient (Wildman–Crippen LogP) is 4.08. The third-order valence-corrected chi connectivity index (χ3v) is 4.19. The van der Waals surface area contributed by atoms with E-state index in [4.69, 9.17) is 0 Å². The topological polar surface area (TPSA) is 57.2 Å². The molecule has 9 heteroatoms. The number of aryl methyl sites for hydroxylation is 1. The molecule has 1 unspecified atom stereocenters. The fourth-order valence-corrected chi connectivity index (χ4v) is 2.96. The SMILES string of the molecule is Cc1cc(N2c3c(F)cccc3C=NC2C(F)(F)c2ccc(F)cn2)n[nH]1. The van der Waals surface area contributed by atoms with Crippen LogP contribution in [-0.4, -0.2) is 27.6 Å². The molecule has 1 atom stereocenters. The summed E-state index contributed by atoms with van der Waals surface area (Å²) in [6.07, 6.45) is 0.0479. The summed E-state index contributed by atoms with van der Waals surface area (Å²) >= 11 is 0. The van der Waals surface area contributed by atoms with Gasteiger partial charge >= 0.3 is 5.92 Å². The minimum absolute atomic E-state index is 0.0641. The zero-order chi connectivity index (χ0) is 19.2. The first-order valence-electron chi connectivity index (χ1n) is 8.00. The van der Waals surface area contributed by atoms with Crippen LogP contribution in [0.1, 0.15) is 17.0 Å². The molecule has 0 fully saturated rings. The molecule has 0 spiro atoms. The normalized spacial score (nSPS) is 16.5. The second kappa shape index (κ2) is 6.19. The molecule has 1 aliphatic heterocycles. The molecule has 5 nitrogen and oxygen atoms in total. The molecule has 0 saturated heterocycles. The van der Waals surface area contributed by atoms with E-state index in [0.29, 0.717) is 17.5 Å². The van der Waals surface area contributed by atoms with Gasteiger partial charge in [-0.2, -0.15) is 13.9 Å². The lowest BCUT2D eigenvalue weighted by Gasteiger charge is -2.37. The number of benzene rings is 1. The second-order valence-electron chi connectivity index (χ2n) is 6.09. The number of H-pyrrole nitrogens is 1. The van der Waals surface area contributed by atoms with Gasteiger partial charge in [0.15, 0.2) is 12.0 Å². The van der Waals surface area contributed by atoms with Gasteiger partial charge in [-0.05, 0) is 25.1 Å². The molecule has 0 radical (unpaired) electrons. The van der Waals surface area contributed by atoms with Crippen molar-refractivity contribution in [2.45, 2.75) is 19.0 Å². The Kier molecular flexibility index (Phi) is 3.94. The van der Waals surface area contributed by atoms with Crippen molar-refractivity contribution >= 4 is 17.7 Å². The van der Waals surface area contributed by atoms with Crippen LogP contribution in [0.25, 0.3) is 0 Å². The Labute approximate surface area is 151 Å². The van der Waals surface area contributed by atoms with Crippen LogP contribution < -0.4 is 4.90 Å². The summed E-state index contributed by atoms with van der Waals surface area (Å²) in [5.74, 6) is -4.98. The molecule has 1 N–H and O–H groups in total. The van der Waals surface area contributed by atoms with E-state index in [1.54, 1.807) is 13.0 Å². The quantitative estimate of drug-likeness (QED) is 0.702. The largest absolute Gasteiger partial charge is 0.329 e. The van der Waals surface area contributed by atoms with Crippen molar-refractivity contribution in [2.24, 2.45) is 4.99 Å². The van der Waals surface area contributed by atoms with Crippen molar-refractivity contribution in [1.29, 1.82) is 0 Å². The number of pyridine rings is 1. The number of halogens is 4. The first kappa shape index (κ1) is 17.2. The van der Waals surface area contributed by atoms with Crippen LogP contribution >= 0.6 is 0 Å². The molecular weight excluding hydrogens is 362 g/mol. The number of aromatic amines is 1. The number of rotatable bonds is 3. The van der Waals surface area contributed by atoms with Gasteiger partial charge in [0.25, 0.3) is 0 Å². The second-order valence-corrected chi connectivity index (χ2v) is 6.09. The number of nitrogens with zero attached hydrogens (tertiary/aromatic N) is 4. The van der Waals surface area contributed by atoms with Crippen LogP contribution in [0, 0.1) is 18.6 Å². The standard InChI is InChI=1S/C18H13F4N5/c1-10-7-15(26-25-10)27-16-11(3-2-4-13(16)20)8-24-17(27)18(21,22)14-6-5-12(19)9-23-14/h2-9,17H,1H3,(H,25,26). The van der Waals surface area contributed by atoms with Gasteiger partial charge < -0.3 is 0 Å². The average molecular weight is 375 g/mol. The number of alkyl halides is 2. The number of aliphatic imine (C=N–C) groups is 1. The molecule has 138 valence electrons. The summed E-state index contributed by atoms with van der Waals surface area (Å²) in [4.78, 5) is 8.46. The minimum Gasteiger partial charge on any atom is -0.293 e. The van der Waals surface area contributed by atoms with Crippen LogP contribution in [0.5, 0.6) is 0 Å². The zero-order valence-electron chi connectivity index (χ0n) is 14.0. The van der Waals surface area contributed by atoms with Gasteiger partial charge in [0.1, 0.15) is 17.3 Å². The monoisotopic (exact) mass is 375 g/mol. The van der Waals surface area contributed by atoms with E-state index in [2.05, 4.69) is 20.2 Å². The summed E-state index contributed by atoms with van der Waals surface area (Å²) < 4.78 is 58.2. The van der Waals surface area contributed by atoms with Gasteiger partial charge in [-0.1, -0.05) is 12.1 Å². The highest BCUT2D eigenvalue weighted by Crippen LogP contribution is 2.43. The summed E-state index contributed by atoms with van der Waals surface area (Å²) in [6, 6.07) is 7.50. The maximum Gasteiger partial charge on any atom is 0.329 e. The highest BCUT2D eigenvalue weighted by molar-refractivity contribution is 5.92. The molecule has 2 aromatic heterocycles. The fourth-order valence-electron chi connectivity index (χ4n) is 2.96. The number of para-hydroxylation sites is 1. The van der Waals surface area contributed by atoms with Crippen molar-refractivity contribution in [3.8, 4) is 0 Å². The molecule has 1 aliphatic rings. The molecule has 27 heavy (non-hydrogen) atoms. The average Bonchev–Trinajstić information content (AvgIpc) is 3.07. The fraction of sp³-hybridized carbons (Fsp3) is 0.167. The van der Waals surface area contributed by atoms with Crippen molar-refractivity contribution in [3.05, 3.63) is 71.2 Å². The molecule has 4 rings (SSSR count). The predicted molar refractivity (Wildman–Crippen MR) is 91.3 cm³/mol. The first-order valence-corrected chi connectivity index (χ1v) is 8.00. The van der Waals surface area contributed by atoms with Gasteiger partial charge in [-0.3, -0.25) is 20.0 Å². The number of hydrogen-bond acceptors (Lipinski definition) is 4. The van der Waals surface area contributed by atoms with Crippen molar-refractivity contribution in [1.82, 2.24) is 15.2 Å². The Morgan fingerprint density at radius 2 is 1.96 bits per heavy atom. The first-order chi connectivity index (χ1) is 12.9. The highest BCUT2D eigenvalue weighted by Gasteiger charge is 2.49. The van der Waals surface area contributed by atoms with Gasteiger partial charge in [0.05, 0.1) is 11.9 Å². The minimum atomic E-state index is -3.64. The van der Waals surface area contributed by atoms with Crippen LogP contribution in [0.4, 0.5) is 29.1 Å². The lowest BCUT2D eigenvalue weighted by atomic mass is 10.0. The number of hydrogen-bond donors (Lipinski definition) is 1. The molecule has 0 aliphatic carbocycles. The number of nitrogens with one attached hydrogen (secondary N) is 1. The van der Waals surface area contributed by atoms with Crippen molar-refractivity contribution in [2.75, 3.05) is 4.90 Å². The summed E-state index contributed by atoms with van der Waals surface area (Å²) in [5, 5.41) is 6.66. The van der Waals surface area contributed by atoms with Crippen LogP contribution in [0.3, 0.4) is 0 Å². The maximum absolute atomic E-state index is 15.2. The van der Waals surface area contributed by atoms with E-state index >= 15 is 8.78 Å². The Bertz CT molecular complexity index is 1010. The van der Waals surface area contributed by atoms with E-state index in [0.717, 1.165) is 17.0 Å². The summed E-state index contributed by atoms with van der Waals surface area (Å²) in [7, 11) is 0. The van der Waals surface area contributed by atoms with E-state index < -0.39 is 29.4 Å². The van der Waals surface area contributed by atoms with Crippen molar-refractivity contribution < 1.29 is 17.6 Å². The third-order valence-electron chi connectivity index (χ3n) is 4.19. The molecule has 0 saturated carbocycles. The molecule has 1 aromatic carbocycles. The zero-order valence-corrected chi connectivity index (χ0v) is 14.0. The Morgan fingerprint density at radius 3 is 2.63 bits per heavy atom. The molecule has 0 amide bonds. The number of fused-ring (bicyclic) bond motifs is 1. The molecule has 3 aromatic rings. The highest BCUT2D eigenvalue weighted by atomic mass is 19.3. The van der Waals surface area contributed by atoms with Crippen LogP contribution in [-0.2, 0) is 5.92 Å². The maximum atomic E-state index is 15.2. The number of aromatic nitrogens is 3. The Morgan fingerprint density at radius 1 is 1.15 bits per heavy atom. The molecule has 3 heterocycles. The van der Waals surface area contributed by atoms with Crippen molar-refractivity contribution in [3.63, 3.8) is 0 Å². The third kappa shape index (κ3) is 2.84. The van der Waals surface area contributed by atoms with E-state index in [-0.39, 0.29) is 11.5 Å². The van der Waals surface area contributed by atoms with Gasteiger partial charge in [-0.15, -0.1) is 0 Å². The molecular formula is C18H13F4N5. The van der Waals surface area contributed by atoms with Crippen LogP contribution in [0.15, 0.2) is 47.6 Å². The lowest BCUT2D eigenvalue weighted by molar-refractivity contribution is -0.0330. The molecule has 0 bridgehead atoms. The van der Waals surface area contributed by atoms with Gasteiger partial charge in [-0.25, -0.2) is 8.78 Å². The van der Waals surface area contributed by atoms with E-state index in [1.807, 2.05) is 0 Å². The van der Waals surface area contributed by atoms with Crippen LogP contribution in [0.2, 0.25) is 0 Å². The lowest BCUT2D eigenvalue weighted by Crippen LogP contribution is -2.45. The van der Waals surface area contributed by atoms with Gasteiger partial charge in [0.2, 0.25) is 0 Å². The Balaban J connectivity index is 1.88. The number of anilines is 2. The van der Waals surface area contributed by atoms with E-state index in [9.17, 15) is 8.78 Å².